The fourth-order valence-corrected chi connectivity index (χ4v) is 3.90. The molecule has 1 saturated heterocycles. The molecule has 0 radical (unpaired) electrons. The molecule has 3 heteroatoms. The van der Waals surface area contributed by atoms with E-state index in [0.717, 1.165) is 37.3 Å². The number of hydrogen-bond donors (Lipinski definition) is 0. The number of ether oxygens (including phenoxy) is 1. The van der Waals surface area contributed by atoms with E-state index < -0.39 is 0 Å². The summed E-state index contributed by atoms with van der Waals surface area (Å²) in [6.07, 6.45) is 3.36. The van der Waals surface area contributed by atoms with Crippen molar-refractivity contribution in [1.29, 1.82) is 5.26 Å². The van der Waals surface area contributed by atoms with Crippen LogP contribution in [0.5, 0.6) is 0 Å². The SMILES string of the molecule is Cc1cc(C2=CC3COCC(C2)N3Cc2ccccc2)ccc1C#N. The molecule has 4 rings (SSSR count). The Hall–Kier alpha value is -2.41. The summed E-state index contributed by atoms with van der Waals surface area (Å²) in [5, 5.41) is 9.14. The predicted octanol–water partition coefficient (Wildman–Crippen LogP) is 3.92. The normalized spacial score (nSPS) is 23.0. The summed E-state index contributed by atoms with van der Waals surface area (Å²) in [7, 11) is 0. The summed E-state index contributed by atoms with van der Waals surface area (Å²) in [6.45, 7) is 4.52. The zero-order valence-electron chi connectivity index (χ0n) is 14.5. The van der Waals surface area contributed by atoms with Gasteiger partial charge in [0.25, 0.3) is 0 Å². The minimum atomic E-state index is 0.318. The van der Waals surface area contributed by atoms with Crippen LogP contribution in [-0.4, -0.2) is 30.2 Å². The van der Waals surface area contributed by atoms with Crippen molar-refractivity contribution in [2.24, 2.45) is 0 Å². The molecule has 0 aliphatic carbocycles. The van der Waals surface area contributed by atoms with Gasteiger partial charge in [0, 0.05) is 12.6 Å². The van der Waals surface area contributed by atoms with Crippen LogP contribution in [0.3, 0.4) is 0 Å². The Morgan fingerprint density at radius 1 is 1.16 bits per heavy atom. The maximum Gasteiger partial charge on any atom is 0.0994 e. The Morgan fingerprint density at radius 3 is 2.72 bits per heavy atom. The van der Waals surface area contributed by atoms with E-state index >= 15 is 0 Å². The van der Waals surface area contributed by atoms with Crippen LogP contribution in [0, 0.1) is 18.3 Å². The first-order chi connectivity index (χ1) is 12.2. The fraction of sp³-hybridized carbons (Fsp3) is 0.318. The van der Waals surface area contributed by atoms with Crippen molar-refractivity contribution in [1.82, 2.24) is 4.90 Å². The van der Waals surface area contributed by atoms with Gasteiger partial charge in [-0.25, -0.2) is 0 Å². The zero-order chi connectivity index (χ0) is 17.2. The number of rotatable bonds is 3. The Labute approximate surface area is 149 Å². The van der Waals surface area contributed by atoms with Gasteiger partial charge in [-0.15, -0.1) is 0 Å². The third kappa shape index (κ3) is 3.24. The van der Waals surface area contributed by atoms with Crippen LogP contribution < -0.4 is 0 Å². The highest BCUT2D eigenvalue weighted by molar-refractivity contribution is 5.69. The summed E-state index contributed by atoms with van der Waals surface area (Å²) >= 11 is 0. The summed E-state index contributed by atoms with van der Waals surface area (Å²) in [5.41, 5.74) is 5.79. The number of benzene rings is 2. The summed E-state index contributed by atoms with van der Waals surface area (Å²) in [6, 6.07) is 19.8. The Morgan fingerprint density at radius 2 is 2.00 bits per heavy atom. The first-order valence-electron chi connectivity index (χ1n) is 8.84. The third-order valence-corrected chi connectivity index (χ3v) is 5.27. The molecule has 25 heavy (non-hydrogen) atoms. The van der Waals surface area contributed by atoms with Crippen LogP contribution in [-0.2, 0) is 11.3 Å². The second-order valence-corrected chi connectivity index (χ2v) is 6.95. The van der Waals surface area contributed by atoms with Gasteiger partial charge in [-0.05, 0) is 41.7 Å². The Balaban J connectivity index is 1.61. The maximum absolute atomic E-state index is 9.14. The van der Waals surface area contributed by atoms with Gasteiger partial charge in [-0.2, -0.15) is 5.26 Å². The van der Waals surface area contributed by atoms with Gasteiger partial charge < -0.3 is 4.74 Å². The molecule has 0 amide bonds. The minimum Gasteiger partial charge on any atom is -0.378 e. The lowest BCUT2D eigenvalue weighted by atomic mass is 9.88. The van der Waals surface area contributed by atoms with Crippen LogP contribution in [0.4, 0.5) is 0 Å². The van der Waals surface area contributed by atoms with Crippen LogP contribution in [0.1, 0.15) is 28.7 Å². The zero-order valence-corrected chi connectivity index (χ0v) is 14.5. The molecule has 2 bridgehead atoms. The monoisotopic (exact) mass is 330 g/mol. The summed E-state index contributed by atoms with van der Waals surface area (Å²) < 4.78 is 5.82. The van der Waals surface area contributed by atoms with Gasteiger partial charge in [0.15, 0.2) is 0 Å². The van der Waals surface area contributed by atoms with Gasteiger partial charge in [0.2, 0.25) is 0 Å². The van der Waals surface area contributed by atoms with Crippen molar-refractivity contribution in [2.75, 3.05) is 13.2 Å². The van der Waals surface area contributed by atoms with Crippen molar-refractivity contribution in [3.63, 3.8) is 0 Å². The lowest BCUT2D eigenvalue weighted by molar-refractivity contribution is -0.0402. The van der Waals surface area contributed by atoms with Crippen molar-refractivity contribution in [3.05, 3.63) is 76.9 Å². The second kappa shape index (κ2) is 6.84. The molecule has 0 N–H and O–H groups in total. The number of morpholine rings is 1. The highest BCUT2D eigenvalue weighted by Gasteiger charge is 2.34. The van der Waals surface area contributed by atoms with E-state index in [0.29, 0.717) is 12.1 Å². The van der Waals surface area contributed by atoms with E-state index in [4.69, 9.17) is 10.00 Å². The molecule has 2 aromatic carbocycles. The molecule has 0 saturated carbocycles. The van der Waals surface area contributed by atoms with Gasteiger partial charge in [0.05, 0.1) is 30.9 Å². The molecule has 2 heterocycles. The van der Waals surface area contributed by atoms with E-state index in [1.165, 1.54) is 16.7 Å². The maximum atomic E-state index is 9.14. The number of nitriles is 1. The van der Waals surface area contributed by atoms with Gasteiger partial charge in [0.1, 0.15) is 0 Å². The lowest BCUT2D eigenvalue weighted by Crippen LogP contribution is -2.53. The molecular formula is C22H22N2O. The van der Waals surface area contributed by atoms with Gasteiger partial charge in [-0.3, -0.25) is 4.90 Å². The largest absolute Gasteiger partial charge is 0.378 e. The molecular weight excluding hydrogens is 308 g/mol. The molecule has 2 unspecified atom stereocenters. The molecule has 0 spiro atoms. The van der Waals surface area contributed by atoms with Crippen molar-refractivity contribution in [3.8, 4) is 6.07 Å². The lowest BCUT2D eigenvalue weighted by Gasteiger charge is -2.45. The molecule has 2 atom stereocenters. The van der Waals surface area contributed by atoms with E-state index in [-0.39, 0.29) is 0 Å². The first-order valence-corrected chi connectivity index (χ1v) is 8.84. The molecule has 0 aromatic heterocycles. The number of fused-ring (bicyclic) bond motifs is 2. The minimum absolute atomic E-state index is 0.318. The predicted molar refractivity (Wildman–Crippen MR) is 98.9 cm³/mol. The van der Waals surface area contributed by atoms with Crippen LogP contribution in [0.25, 0.3) is 5.57 Å². The van der Waals surface area contributed by atoms with Crippen molar-refractivity contribution < 1.29 is 4.74 Å². The van der Waals surface area contributed by atoms with E-state index in [1.54, 1.807) is 0 Å². The van der Waals surface area contributed by atoms with Crippen LogP contribution in [0.15, 0.2) is 54.6 Å². The van der Waals surface area contributed by atoms with Crippen LogP contribution in [0.2, 0.25) is 0 Å². The Kier molecular flexibility index (Phi) is 4.40. The van der Waals surface area contributed by atoms with Crippen LogP contribution >= 0.6 is 0 Å². The van der Waals surface area contributed by atoms with Gasteiger partial charge >= 0.3 is 0 Å². The van der Waals surface area contributed by atoms with E-state index in [2.05, 4.69) is 59.5 Å². The smallest absolute Gasteiger partial charge is 0.0994 e. The fourth-order valence-electron chi connectivity index (χ4n) is 3.90. The van der Waals surface area contributed by atoms with E-state index in [1.807, 2.05) is 13.0 Å². The first kappa shape index (κ1) is 16.1. The highest BCUT2D eigenvalue weighted by Crippen LogP contribution is 2.34. The highest BCUT2D eigenvalue weighted by atomic mass is 16.5. The van der Waals surface area contributed by atoms with Gasteiger partial charge in [-0.1, -0.05) is 48.5 Å². The number of aryl methyl sites for hydroxylation is 1. The standard InChI is InChI=1S/C22H22N2O/c1-16-9-18(7-8-19(16)12-23)20-10-21-14-25-15-22(11-20)24(21)13-17-5-3-2-4-6-17/h2-10,21-22H,11,13-15H2,1H3. The molecule has 2 aliphatic rings. The number of nitrogens with zero attached hydrogens (tertiary/aromatic N) is 2. The second-order valence-electron chi connectivity index (χ2n) is 6.95. The topological polar surface area (TPSA) is 36.3 Å². The molecule has 126 valence electrons. The summed E-state index contributed by atoms with van der Waals surface area (Å²) in [4.78, 5) is 2.57. The molecule has 2 aromatic rings. The Bertz CT molecular complexity index is 835. The molecule has 1 fully saturated rings. The average Bonchev–Trinajstić information content (AvgIpc) is 2.62. The average molecular weight is 330 g/mol. The van der Waals surface area contributed by atoms with Crippen molar-refractivity contribution >= 4 is 5.57 Å². The number of hydrogen-bond acceptors (Lipinski definition) is 3. The summed E-state index contributed by atoms with van der Waals surface area (Å²) in [5.74, 6) is 0. The van der Waals surface area contributed by atoms with E-state index in [9.17, 15) is 0 Å². The quantitative estimate of drug-likeness (QED) is 0.856. The molecule has 3 nitrogen and oxygen atoms in total. The third-order valence-electron chi connectivity index (χ3n) is 5.27. The molecule has 2 aliphatic heterocycles. The van der Waals surface area contributed by atoms with Crippen molar-refractivity contribution in [2.45, 2.75) is 32.0 Å².